The highest BCUT2D eigenvalue weighted by atomic mass is 35.5. The van der Waals surface area contributed by atoms with Crippen molar-refractivity contribution in [1.82, 2.24) is 9.78 Å². The lowest BCUT2D eigenvalue weighted by atomic mass is 10.2. The number of nitro groups is 1. The molecule has 154 valence electrons. The summed E-state index contributed by atoms with van der Waals surface area (Å²) in [6.07, 6.45) is 1.63. The van der Waals surface area contributed by atoms with E-state index < -0.39 is 4.92 Å². The molecule has 10 heteroatoms. The standard InChI is InChI=1S/C20H18ClN5O3S/c21-17-13-14(1-6-19(17)24-9-11-30-12-10-24)22-20(27)18-7-8-25(23-18)15-2-4-16(5-3-15)26(28)29/h1-8,13H,9-12H2,(H,22,27). The van der Waals surface area contributed by atoms with Crippen molar-refractivity contribution in [2.75, 3.05) is 34.8 Å². The number of rotatable bonds is 5. The number of nitrogens with one attached hydrogen (secondary N) is 1. The zero-order valence-electron chi connectivity index (χ0n) is 15.8. The van der Waals surface area contributed by atoms with Crippen molar-refractivity contribution in [2.24, 2.45) is 0 Å². The molecule has 1 amide bonds. The second kappa shape index (κ2) is 8.76. The molecule has 1 aliphatic rings. The molecule has 4 rings (SSSR count). The number of aromatic nitrogens is 2. The third-order valence-corrected chi connectivity index (χ3v) is 5.95. The maximum atomic E-state index is 12.6. The van der Waals surface area contributed by atoms with Crippen molar-refractivity contribution in [3.63, 3.8) is 0 Å². The lowest BCUT2D eigenvalue weighted by molar-refractivity contribution is -0.384. The lowest BCUT2D eigenvalue weighted by Gasteiger charge is -2.29. The Bertz CT molecular complexity index is 1080. The van der Waals surface area contributed by atoms with Gasteiger partial charge in [0.1, 0.15) is 0 Å². The number of benzene rings is 2. The van der Waals surface area contributed by atoms with E-state index >= 15 is 0 Å². The van der Waals surface area contributed by atoms with E-state index in [2.05, 4.69) is 15.3 Å². The number of non-ortho nitro benzene ring substituents is 1. The predicted octanol–water partition coefficient (Wildman–Crippen LogP) is 4.24. The van der Waals surface area contributed by atoms with Crippen molar-refractivity contribution in [3.8, 4) is 5.69 Å². The molecule has 0 unspecified atom stereocenters. The van der Waals surface area contributed by atoms with Crippen LogP contribution in [0.25, 0.3) is 5.69 Å². The van der Waals surface area contributed by atoms with Crippen LogP contribution in [0.15, 0.2) is 54.7 Å². The maximum absolute atomic E-state index is 12.6. The number of halogens is 1. The van der Waals surface area contributed by atoms with Gasteiger partial charge in [-0.1, -0.05) is 11.6 Å². The summed E-state index contributed by atoms with van der Waals surface area (Å²) >= 11 is 8.37. The van der Waals surface area contributed by atoms with Crippen LogP contribution in [0.3, 0.4) is 0 Å². The van der Waals surface area contributed by atoms with E-state index in [-0.39, 0.29) is 17.3 Å². The topological polar surface area (TPSA) is 93.3 Å². The van der Waals surface area contributed by atoms with E-state index in [0.29, 0.717) is 16.4 Å². The van der Waals surface area contributed by atoms with Gasteiger partial charge in [0.25, 0.3) is 11.6 Å². The van der Waals surface area contributed by atoms with E-state index in [0.717, 1.165) is 30.3 Å². The molecule has 1 aliphatic heterocycles. The van der Waals surface area contributed by atoms with Gasteiger partial charge in [-0.2, -0.15) is 16.9 Å². The highest BCUT2D eigenvalue weighted by Gasteiger charge is 2.16. The molecule has 30 heavy (non-hydrogen) atoms. The first-order valence-corrected chi connectivity index (χ1v) is 10.8. The van der Waals surface area contributed by atoms with Crippen LogP contribution >= 0.6 is 23.4 Å². The average molecular weight is 444 g/mol. The van der Waals surface area contributed by atoms with Crippen LogP contribution in [-0.2, 0) is 0 Å². The molecule has 0 saturated carbocycles. The fourth-order valence-electron chi connectivity index (χ4n) is 3.16. The van der Waals surface area contributed by atoms with Gasteiger partial charge in [-0.15, -0.1) is 0 Å². The third kappa shape index (κ3) is 4.42. The number of carbonyl (C=O) groups is 1. The second-order valence-electron chi connectivity index (χ2n) is 6.64. The Kier molecular flexibility index (Phi) is 5.91. The van der Waals surface area contributed by atoms with Crippen LogP contribution in [0.2, 0.25) is 5.02 Å². The normalized spacial score (nSPS) is 13.8. The number of carbonyl (C=O) groups excluding carboxylic acids is 1. The Morgan fingerprint density at radius 1 is 1.13 bits per heavy atom. The fraction of sp³-hybridized carbons (Fsp3) is 0.200. The predicted molar refractivity (Wildman–Crippen MR) is 119 cm³/mol. The van der Waals surface area contributed by atoms with Gasteiger partial charge in [-0.25, -0.2) is 4.68 Å². The van der Waals surface area contributed by atoms with Crippen LogP contribution in [0.1, 0.15) is 10.5 Å². The van der Waals surface area contributed by atoms with Gasteiger partial charge >= 0.3 is 0 Å². The smallest absolute Gasteiger partial charge is 0.276 e. The van der Waals surface area contributed by atoms with Gasteiger partial charge < -0.3 is 10.2 Å². The minimum Gasteiger partial charge on any atom is -0.369 e. The highest BCUT2D eigenvalue weighted by Crippen LogP contribution is 2.30. The summed E-state index contributed by atoms with van der Waals surface area (Å²) in [6, 6.07) is 13.0. The summed E-state index contributed by atoms with van der Waals surface area (Å²) in [6.45, 7) is 1.91. The lowest BCUT2D eigenvalue weighted by Crippen LogP contribution is -2.32. The van der Waals surface area contributed by atoms with Gasteiger partial charge in [-0.3, -0.25) is 14.9 Å². The SMILES string of the molecule is O=C(Nc1ccc(N2CCSCC2)c(Cl)c1)c1ccn(-c2ccc([N+](=O)[O-])cc2)n1. The molecule has 1 N–H and O–H groups in total. The van der Waals surface area contributed by atoms with Crippen LogP contribution < -0.4 is 10.2 Å². The molecule has 0 radical (unpaired) electrons. The number of thioether (sulfide) groups is 1. The number of hydrogen-bond acceptors (Lipinski definition) is 6. The molecule has 2 aromatic carbocycles. The van der Waals surface area contributed by atoms with E-state index in [4.69, 9.17) is 11.6 Å². The molecule has 8 nitrogen and oxygen atoms in total. The molecule has 0 spiro atoms. The zero-order valence-corrected chi connectivity index (χ0v) is 17.4. The molecule has 3 aromatic rings. The van der Waals surface area contributed by atoms with Crippen LogP contribution in [-0.4, -0.2) is 45.2 Å². The van der Waals surface area contributed by atoms with Crippen molar-refractivity contribution in [3.05, 3.63) is 75.6 Å². The summed E-state index contributed by atoms with van der Waals surface area (Å²) in [5.41, 5.74) is 2.39. The number of amides is 1. The summed E-state index contributed by atoms with van der Waals surface area (Å²) in [7, 11) is 0. The van der Waals surface area contributed by atoms with Crippen molar-refractivity contribution < 1.29 is 9.72 Å². The van der Waals surface area contributed by atoms with E-state index in [9.17, 15) is 14.9 Å². The van der Waals surface area contributed by atoms with E-state index in [1.807, 2.05) is 23.9 Å². The van der Waals surface area contributed by atoms with Crippen LogP contribution in [0, 0.1) is 10.1 Å². The molecule has 0 aliphatic carbocycles. The number of hydrogen-bond donors (Lipinski definition) is 1. The minimum atomic E-state index is -0.466. The number of nitro benzene ring substituents is 1. The molecule has 0 bridgehead atoms. The van der Waals surface area contributed by atoms with Crippen LogP contribution in [0.5, 0.6) is 0 Å². The van der Waals surface area contributed by atoms with Crippen molar-refractivity contribution >= 4 is 46.3 Å². The van der Waals surface area contributed by atoms with Gasteiger partial charge in [0.2, 0.25) is 0 Å². The van der Waals surface area contributed by atoms with E-state index in [1.54, 1.807) is 30.5 Å². The molecule has 0 atom stereocenters. The molecule has 1 aromatic heterocycles. The second-order valence-corrected chi connectivity index (χ2v) is 8.27. The Labute approximate surface area is 182 Å². The maximum Gasteiger partial charge on any atom is 0.276 e. The highest BCUT2D eigenvalue weighted by molar-refractivity contribution is 7.99. The first kappa shape index (κ1) is 20.2. The van der Waals surface area contributed by atoms with Gasteiger partial charge in [0.05, 0.1) is 21.3 Å². The molecule has 1 saturated heterocycles. The van der Waals surface area contributed by atoms with Crippen molar-refractivity contribution in [1.29, 1.82) is 0 Å². The molecular formula is C20H18ClN5O3S. The fourth-order valence-corrected chi connectivity index (χ4v) is 4.36. The van der Waals surface area contributed by atoms with Gasteiger partial charge in [0, 0.05) is 48.6 Å². The Hall–Kier alpha value is -3.04. The van der Waals surface area contributed by atoms with Gasteiger partial charge in [-0.05, 0) is 36.4 Å². The summed E-state index contributed by atoms with van der Waals surface area (Å²) in [5, 5.41) is 18.4. The Balaban J connectivity index is 1.45. The first-order chi connectivity index (χ1) is 14.5. The largest absolute Gasteiger partial charge is 0.369 e. The first-order valence-electron chi connectivity index (χ1n) is 9.25. The third-order valence-electron chi connectivity index (χ3n) is 4.70. The zero-order chi connectivity index (χ0) is 21.1. The molecule has 1 fully saturated rings. The Morgan fingerprint density at radius 3 is 2.53 bits per heavy atom. The van der Waals surface area contributed by atoms with Gasteiger partial charge in [0.15, 0.2) is 5.69 Å². The number of anilines is 2. The summed E-state index contributed by atoms with van der Waals surface area (Å²) < 4.78 is 1.49. The average Bonchev–Trinajstić information content (AvgIpc) is 3.25. The molecular weight excluding hydrogens is 426 g/mol. The quantitative estimate of drug-likeness (QED) is 0.468. The van der Waals surface area contributed by atoms with E-state index in [1.165, 1.54) is 16.8 Å². The number of nitrogens with zero attached hydrogens (tertiary/aromatic N) is 4. The monoisotopic (exact) mass is 443 g/mol. The van der Waals surface area contributed by atoms with Crippen LogP contribution in [0.4, 0.5) is 17.1 Å². The summed E-state index contributed by atoms with van der Waals surface area (Å²) in [5.74, 6) is 1.78. The van der Waals surface area contributed by atoms with Crippen molar-refractivity contribution in [2.45, 2.75) is 0 Å². The molecule has 2 heterocycles. The summed E-state index contributed by atoms with van der Waals surface area (Å²) in [4.78, 5) is 25.1. The minimum absolute atomic E-state index is 0.00694. The Morgan fingerprint density at radius 2 is 1.87 bits per heavy atom.